The number of nitrogens with zero attached hydrogens (tertiary/aromatic N) is 2. The smallest absolute Gasteiger partial charge is 0.253 e. The van der Waals surface area contributed by atoms with Gasteiger partial charge in [0.15, 0.2) is 0 Å². The molecule has 2 aromatic rings. The third-order valence-corrected chi connectivity index (χ3v) is 4.02. The zero-order valence-electron chi connectivity index (χ0n) is 17.1. The van der Waals surface area contributed by atoms with E-state index in [0.29, 0.717) is 22.7 Å². The molecule has 0 aliphatic rings. The Morgan fingerprint density at radius 2 is 1.24 bits per heavy atom. The number of rotatable bonds is 8. The summed E-state index contributed by atoms with van der Waals surface area (Å²) in [5.74, 6) is 0.120. The van der Waals surface area contributed by atoms with Crippen LogP contribution >= 0.6 is 0 Å². The predicted molar refractivity (Wildman–Crippen MR) is 112 cm³/mol. The Morgan fingerprint density at radius 1 is 0.793 bits per heavy atom. The average Bonchev–Trinajstić information content (AvgIpc) is 2.68. The lowest BCUT2D eigenvalue weighted by molar-refractivity contribution is -0.119. The number of ether oxygens (including phenoxy) is 1. The minimum atomic E-state index is -0.253. The number of amides is 3. The molecule has 3 amide bonds. The lowest BCUT2D eigenvalue weighted by Crippen LogP contribution is -2.36. The van der Waals surface area contributed by atoms with E-state index in [1.54, 1.807) is 81.7 Å². The Labute approximate surface area is 170 Å². The first-order valence-corrected chi connectivity index (χ1v) is 9.02. The van der Waals surface area contributed by atoms with E-state index in [2.05, 4.69) is 10.6 Å². The predicted octanol–water partition coefficient (Wildman–Crippen LogP) is 1.91. The highest BCUT2D eigenvalue weighted by Crippen LogP contribution is 2.15. The van der Waals surface area contributed by atoms with Crippen molar-refractivity contribution >= 4 is 29.1 Å². The zero-order chi connectivity index (χ0) is 21.4. The van der Waals surface area contributed by atoms with E-state index in [1.807, 2.05) is 0 Å². The molecule has 8 nitrogen and oxygen atoms in total. The van der Waals surface area contributed by atoms with Crippen LogP contribution in [0.2, 0.25) is 0 Å². The Bertz CT molecular complexity index is 848. The Morgan fingerprint density at radius 3 is 1.66 bits per heavy atom. The van der Waals surface area contributed by atoms with E-state index >= 15 is 0 Å². The number of benzene rings is 2. The number of carbonyl (C=O) groups is 3. The van der Waals surface area contributed by atoms with E-state index in [-0.39, 0.29) is 30.8 Å². The molecule has 0 fully saturated rings. The first kappa shape index (κ1) is 21.9. The standard InChI is InChI=1S/C21H26N4O4/c1-24(2)21(28)15-5-7-16(8-6-15)22-19(26)13-25(3)14-20(27)23-17-9-11-18(29-4)12-10-17/h5-12H,13-14H2,1-4H3,(H,22,26)(H,23,27). The third-order valence-electron chi connectivity index (χ3n) is 4.02. The fourth-order valence-corrected chi connectivity index (χ4v) is 2.58. The quantitative estimate of drug-likeness (QED) is 0.709. The van der Waals surface area contributed by atoms with Crippen LogP contribution in [-0.2, 0) is 9.59 Å². The van der Waals surface area contributed by atoms with Crippen molar-refractivity contribution in [3.63, 3.8) is 0 Å². The molecule has 2 N–H and O–H groups in total. The molecular formula is C21H26N4O4. The van der Waals surface area contributed by atoms with Crippen LogP contribution in [0.3, 0.4) is 0 Å². The summed E-state index contributed by atoms with van der Waals surface area (Å²) in [6, 6.07) is 13.7. The molecule has 0 radical (unpaired) electrons. The van der Waals surface area contributed by atoms with Gasteiger partial charge in [0.2, 0.25) is 11.8 Å². The van der Waals surface area contributed by atoms with E-state index in [4.69, 9.17) is 4.74 Å². The number of carbonyl (C=O) groups excluding carboxylic acids is 3. The van der Waals surface area contributed by atoms with Gasteiger partial charge in [-0.3, -0.25) is 19.3 Å². The zero-order valence-corrected chi connectivity index (χ0v) is 17.1. The summed E-state index contributed by atoms with van der Waals surface area (Å²) < 4.78 is 5.08. The SMILES string of the molecule is COc1ccc(NC(=O)CN(C)CC(=O)Nc2ccc(C(=O)N(C)C)cc2)cc1. The number of methoxy groups -OCH3 is 1. The monoisotopic (exact) mass is 398 g/mol. The number of anilines is 2. The number of nitrogens with one attached hydrogen (secondary N) is 2. The third kappa shape index (κ3) is 6.93. The molecule has 0 unspecified atom stereocenters. The van der Waals surface area contributed by atoms with Crippen molar-refractivity contribution in [2.75, 3.05) is 52.0 Å². The molecule has 0 saturated carbocycles. The van der Waals surface area contributed by atoms with Crippen LogP contribution in [0.5, 0.6) is 5.75 Å². The molecule has 0 spiro atoms. The van der Waals surface area contributed by atoms with Crippen LogP contribution in [-0.4, -0.2) is 68.9 Å². The minimum Gasteiger partial charge on any atom is -0.497 e. The van der Waals surface area contributed by atoms with E-state index in [9.17, 15) is 14.4 Å². The second kappa shape index (κ2) is 10.2. The van der Waals surface area contributed by atoms with Crippen LogP contribution in [0.15, 0.2) is 48.5 Å². The van der Waals surface area contributed by atoms with Crippen molar-refractivity contribution in [1.29, 1.82) is 0 Å². The molecule has 154 valence electrons. The van der Waals surface area contributed by atoms with Crippen LogP contribution in [0.4, 0.5) is 11.4 Å². The number of likely N-dealkylation sites (N-methyl/N-ethyl adjacent to an activating group) is 1. The highest BCUT2D eigenvalue weighted by Gasteiger charge is 2.12. The molecule has 2 rings (SSSR count). The summed E-state index contributed by atoms with van der Waals surface area (Å²) >= 11 is 0. The van der Waals surface area contributed by atoms with Gasteiger partial charge in [-0.2, -0.15) is 0 Å². The maximum absolute atomic E-state index is 12.2. The lowest BCUT2D eigenvalue weighted by atomic mass is 10.2. The van der Waals surface area contributed by atoms with Crippen molar-refractivity contribution < 1.29 is 19.1 Å². The lowest BCUT2D eigenvalue weighted by Gasteiger charge is -2.16. The van der Waals surface area contributed by atoms with Gasteiger partial charge in [0.25, 0.3) is 5.91 Å². The molecule has 0 aromatic heterocycles. The van der Waals surface area contributed by atoms with Crippen molar-refractivity contribution in [2.24, 2.45) is 0 Å². The van der Waals surface area contributed by atoms with Gasteiger partial charge in [0.1, 0.15) is 5.75 Å². The molecule has 0 aliphatic heterocycles. The van der Waals surface area contributed by atoms with E-state index in [0.717, 1.165) is 0 Å². The first-order chi connectivity index (χ1) is 13.8. The largest absolute Gasteiger partial charge is 0.497 e. The summed E-state index contributed by atoms with van der Waals surface area (Å²) in [7, 11) is 6.62. The molecule has 8 heteroatoms. The van der Waals surface area contributed by atoms with Crippen molar-refractivity contribution in [1.82, 2.24) is 9.80 Å². The van der Waals surface area contributed by atoms with Gasteiger partial charge in [-0.05, 0) is 55.6 Å². The Hall–Kier alpha value is -3.39. The average molecular weight is 398 g/mol. The van der Waals surface area contributed by atoms with E-state index < -0.39 is 0 Å². The maximum atomic E-state index is 12.2. The van der Waals surface area contributed by atoms with Gasteiger partial charge in [0, 0.05) is 31.0 Å². The molecule has 0 atom stereocenters. The fraction of sp³-hybridized carbons (Fsp3) is 0.286. The van der Waals surface area contributed by atoms with Gasteiger partial charge in [-0.25, -0.2) is 0 Å². The Kier molecular flexibility index (Phi) is 7.73. The molecule has 0 bridgehead atoms. The molecule has 2 aromatic carbocycles. The van der Waals surface area contributed by atoms with Crippen LogP contribution in [0.1, 0.15) is 10.4 Å². The summed E-state index contributed by atoms with van der Waals surface area (Å²) in [4.78, 5) is 39.3. The van der Waals surface area contributed by atoms with Crippen molar-refractivity contribution in [2.45, 2.75) is 0 Å². The Balaban J connectivity index is 1.80. The number of hydrogen-bond acceptors (Lipinski definition) is 5. The maximum Gasteiger partial charge on any atom is 0.253 e. The van der Waals surface area contributed by atoms with Gasteiger partial charge >= 0.3 is 0 Å². The highest BCUT2D eigenvalue weighted by molar-refractivity contribution is 5.96. The minimum absolute atomic E-state index is 0.0500. The van der Waals surface area contributed by atoms with Crippen LogP contribution in [0.25, 0.3) is 0 Å². The van der Waals surface area contributed by atoms with Crippen molar-refractivity contribution in [3.8, 4) is 5.75 Å². The number of hydrogen-bond donors (Lipinski definition) is 2. The topological polar surface area (TPSA) is 91.0 Å². The molecule has 0 heterocycles. The molecule has 29 heavy (non-hydrogen) atoms. The van der Waals surface area contributed by atoms with Gasteiger partial charge in [-0.15, -0.1) is 0 Å². The van der Waals surface area contributed by atoms with Gasteiger partial charge in [0.05, 0.1) is 20.2 Å². The van der Waals surface area contributed by atoms with Crippen molar-refractivity contribution in [3.05, 3.63) is 54.1 Å². The summed E-state index contributed by atoms with van der Waals surface area (Å²) in [5.41, 5.74) is 1.78. The van der Waals surface area contributed by atoms with E-state index in [1.165, 1.54) is 4.90 Å². The molecule has 0 saturated heterocycles. The second-order valence-electron chi connectivity index (χ2n) is 6.77. The summed E-state index contributed by atoms with van der Waals surface area (Å²) in [6.07, 6.45) is 0. The fourth-order valence-electron chi connectivity index (χ4n) is 2.58. The summed E-state index contributed by atoms with van der Waals surface area (Å²) in [6.45, 7) is 0.115. The summed E-state index contributed by atoms with van der Waals surface area (Å²) in [5, 5.41) is 5.52. The molecule has 0 aliphatic carbocycles. The van der Waals surface area contributed by atoms with Gasteiger partial charge < -0.3 is 20.3 Å². The second-order valence-corrected chi connectivity index (χ2v) is 6.77. The van der Waals surface area contributed by atoms with Gasteiger partial charge in [-0.1, -0.05) is 0 Å². The molecular weight excluding hydrogens is 372 g/mol. The normalized spacial score (nSPS) is 10.4. The van der Waals surface area contributed by atoms with Crippen LogP contribution < -0.4 is 15.4 Å². The van der Waals surface area contributed by atoms with Crippen LogP contribution in [0, 0.1) is 0 Å². The first-order valence-electron chi connectivity index (χ1n) is 9.02. The highest BCUT2D eigenvalue weighted by atomic mass is 16.5.